The maximum Gasteiger partial charge on any atom is 0.0148 e. The van der Waals surface area contributed by atoms with Crippen molar-refractivity contribution in [2.24, 2.45) is 11.8 Å². The van der Waals surface area contributed by atoms with Crippen LogP contribution in [0.2, 0.25) is 0 Å². The smallest absolute Gasteiger partial charge is 0.0148 e. The molecule has 1 aliphatic carbocycles. The van der Waals surface area contributed by atoms with Crippen LogP contribution in [0, 0.1) is 11.8 Å². The highest BCUT2D eigenvalue weighted by atomic mass is 15.2. The second-order valence-electron chi connectivity index (χ2n) is 5.92. The van der Waals surface area contributed by atoms with Gasteiger partial charge in [0.25, 0.3) is 0 Å². The largest absolute Gasteiger partial charge is 0.314 e. The van der Waals surface area contributed by atoms with Crippen molar-refractivity contribution in [1.82, 2.24) is 10.2 Å². The van der Waals surface area contributed by atoms with Gasteiger partial charge in [0.1, 0.15) is 0 Å². The van der Waals surface area contributed by atoms with Gasteiger partial charge in [-0.15, -0.1) is 0 Å². The fraction of sp³-hybridized carbons (Fsp3) is 1.00. The van der Waals surface area contributed by atoms with Gasteiger partial charge in [-0.05, 0) is 24.7 Å². The Balaban J connectivity index is 1.96. The van der Waals surface area contributed by atoms with E-state index in [0.717, 1.165) is 17.9 Å². The Morgan fingerprint density at radius 2 is 1.62 bits per heavy atom. The fourth-order valence-corrected chi connectivity index (χ4v) is 3.72. The van der Waals surface area contributed by atoms with E-state index in [0.29, 0.717) is 0 Å². The first kappa shape index (κ1) is 12.4. The average Bonchev–Trinajstić information content (AvgIpc) is 2.31. The molecule has 2 nitrogen and oxygen atoms in total. The topological polar surface area (TPSA) is 15.3 Å². The zero-order valence-corrected chi connectivity index (χ0v) is 11.0. The van der Waals surface area contributed by atoms with E-state index >= 15 is 0 Å². The van der Waals surface area contributed by atoms with E-state index in [2.05, 4.69) is 24.1 Å². The van der Waals surface area contributed by atoms with Gasteiger partial charge >= 0.3 is 0 Å². The van der Waals surface area contributed by atoms with E-state index in [1.165, 1.54) is 58.3 Å². The highest BCUT2D eigenvalue weighted by molar-refractivity contribution is 4.86. The molecule has 94 valence electrons. The van der Waals surface area contributed by atoms with Crippen LogP contribution in [0.1, 0.15) is 46.0 Å². The van der Waals surface area contributed by atoms with Gasteiger partial charge in [0.05, 0.1) is 0 Å². The normalized spacial score (nSPS) is 27.2. The number of piperazine rings is 1. The van der Waals surface area contributed by atoms with Crippen LogP contribution in [-0.4, -0.2) is 37.1 Å². The summed E-state index contributed by atoms with van der Waals surface area (Å²) >= 11 is 0. The molecule has 2 fully saturated rings. The second-order valence-corrected chi connectivity index (χ2v) is 5.92. The number of hydrogen-bond acceptors (Lipinski definition) is 2. The molecule has 2 heteroatoms. The number of hydrogen-bond donors (Lipinski definition) is 1. The SMILES string of the molecule is CC(C)C(C1CCCCC1)N1CCNCC1. The maximum absolute atomic E-state index is 3.47. The van der Waals surface area contributed by atoms with Gasteiger partial charge in [0.15, 0.2) is 0 Å². The van der Waals surface area contributed by atoms with Gasteiger partial charge in [-0.1, -0.05) is 33.1 Å². The first-order valence-corrected chi connectivity index (χ1v) is 7.24. The molecule has 0 bridgehead atoms. The van der Waals surface area contributed by atoms with Crippen molar-refractivity contribution in [2.75, 3.05) is 26.2 Å². The third-order valence-electron chi connectivity index (χ3n) is 4.39. The fourth-order valence-electron chi connectivity index (χ4n) is 3.72. The van der Waals surface area contributed by atoms with Crippen molar-refractivity contribution in [1.29, 1.82) is 0 Å². The standard InChI is InChI=1S/C14H28N2/c1-12(2)14(13-6-4-3-5-7-13)16-10-8-15-9-11-16/h12-15H,3-11H2,1-2H3. The lowest BCUT2D eigenvalue weighted by Gasteiger charge is -2.43. The molecule has 1 heterocycles. The lowest BCUT2D eigenvalue weighted by molar-refractivity contribution is 0.0708. The van der Waals surface area contributed by atoms with Crippen LogP contribution in [-0.2, 0) is 0 Å². The first-order chi connectivity index (χ1) is 7.79. The minimum absolute atomic E-state index is 0.821. The van der Waals surface area contributed by atoms with Gasteiger partial charge in [0, 0.05) is 32.2 Å². The highest BCUT2D eigenvalue weighted by Gasteiger charge is 2.31. The zero-order chi connectivity index (χ0) is 11.4. The van der Waals surface area contributed by atoms with Gasteiger partial charge in [-0.25, -0.2) is 0 Å². The summed E-state index contributed by atoms with van der Waals surface area (Å²) < 4.78 is 0. The van der Waals surface area contributed by atoms with E-state index < -0.39 is 0 Å². The lowest BCUT2D eigenvalue weighted by atomic mass is 9.78. The molecule has 16 heavy (non-hydrogen) atoms. The van der Waals surface area contributed by atoms with Crippen molar-refractivity contribution in [3.05, 3.63) is 0 Å². The molecule has 2 aliphatic rings. The summed E-state index contributed by atoms with van der Waals surface area (Å²) in [6.07, 6.45) is 7.38. The summed E-state index contributed by atoms with van der Waals surface area (Å²) in [5.74, 6) is 1.80. The molecule has 1 unspecified atom stereocenters. The molecule has 1 saturated carbocycles. The van der Waals surface area contributed by atoms with Crippen LogP contribution >= 0.6 is 0 Å². The van der Waals surface area contributed by atoms with Crippen molar-refractivity contribution < 1.29 is 0 Å². The molecule has 0 radical (unpaired) electrons. The van der Waals surface area contributed by atoms with Crippen LogP contribution in [0.4, 0.5) is 0 Å². The molecule has 0 aromatic carbocycles. The van der Waals surface area contributed by atoms with E-state index in [-0.39, 0.29) is 0 Å². The second kappa shape index (κ2) is 6.02. The molecule has 2 rings (SSSR count). The van der Waals surface area contributed by atoms with Crippen LogP contribution < -0.4 is 5.32 Å². The Hall–Kier alpha value is -0.0800. The van der Waals surface area contributed by atoms with Crippen molar-refractivity contribution in [3.63, 3.8) is 0 Å². The van der Waals surface area contributed by atoms with E-state index in [9.17, 15) is 0 Å². The van der Waals surface area contributed by atoms with E-state index in [4.69, 9.17) is 0 Å². The predicted molar refractivity (Wildman–Crippen MR) is 69.6 cm³/mol. The van der Waals surface area contributed by atoms with Gasteiger partial charge in [-0.3, -0.25) is 4.90 Å². The van der Waals surface area contributed by atoms with E-state index in [1.54, 1.807) is 0 Å². The molecule has 0 spiro atoms. The summed E-state index contributed by atoms with van der Waals surface area (Å²) in [6.45, 7) is 9.74. The lowest BCUT2D eigenvalue weighted by Crippen LogP contribution is -2.53. The summed E-state index contributed by atoms with van der Waals surface area (Å²) in [6, 6.07) is 0.849. The van der Waals surface area contributed by atoms with Gasteiger partial charge in [-0.2, -0.15) is 0 Å². The molecule has 1 atom stereocenters. The number of nitrogens with one attached hydrogen (secondary N) is 1. The summed E-state index contributed by atoms with van der Waals surface area (Å²) in [5.41, 5.74) is 0. The molecule has 0 amide bonds. The Morgan fingerprint density at radius 1 is 1.00 bits per heavy atom. The van der Waals surface area contributed by atoms with Crippen LogP contribution in [0.15, 0.2) is 0 Å². The molecular weight excluding hydrogens is 196 g/mol. The molecule has 0 aromatic heterocycles. The number of rotatable bonds is 3. The zero-order valence-electron chi connectivity index (χ0n) is 11.0. The molecule has 1 saturated heterocycles. The Morgan fingerprint density at radius 3 is 2.19 bits per heavy atom. The quantitative estimate of drug-likeness (QED) is 0.792. The molecule has 1 N–H and O–H groups in total. The summed E-state index contributed by atoms with van der Waals surface area (Å²) in [4.78, 5) is 2.76. The summed E-state index contributed by atoms with van der Waals surface area (Å²) in [5, 5.41) is 3.47. The van der Waals surface area contributed by atoms with E-state index in [1.807, 2.05) is 0 Å². The third-order valence-corrected chi connectivity index (χ3v) is 4.39. The Labute approximate surface area is 101 Å². The highest BCUT2D eigenvalue weighted by Crippen LogP contribution is 2.32. The minimum Gasteiger partial charge on any atom is -0.314 e. The number of nitrogens with zero attached hydrogens (tertiary/aromatic N) is 1. The molecule has 0 aromatic rings. The Bertz CT molecular complexity index is 173. The summed E-state index contributed by atoms with van der Waals surface area (Å²) in [7, 11) is 0. The van der Waals surface area contributed by atoms with Gasteiger partial charge < -0.3 is 5.32 Å². The van der Waals surface area contributed by atoms with Crippen LogP contribution in [0.25, 0.3) is 0 Å². The average molecular weight is 224 g/mol. The van der Waals surface area contributed by atoms with Crippen molar-refractivity contribution in [2.45, 2.75) is 52.0 Å². The molecule has 1 aliphatic heterocycles. The first-order valence-electron chi connectivity index (χ1n) is 7.24. The minimum atomic E-state index is 0.821. The predicted octanol–water partition coefficient (Wildman–Crippen LogP) is 2.50. The van der Waals surface area contributed by atoms with Crippen LogP contribution in [0.5, 0.6) is 0 Å². The maximum atomic E-state index is 3.47. The monoisotopic (exact) mass is 224 g/mol. The third kappa shape index (κ3) is 2.98. The molecular formula is C14H28N2. The Kier molecular flexibility index (Phi) is 4.66. The van der Waals surface area contributed by atoms with Crippen molar-refractivity contribution >= 4 is 0 Å². The van der Waals surface area contributed by atoms with Crippen molar-refractivity contribution in [3.8, 4) is 0 Å². The van der Waals surface area contributed by atoms with Crippen LogP contribution in [0.3, 0.4) is 0 Å². The van der Waals surface area contributed by atoms with Gasteiger partial charge in [0.2, 0.25) is 0 Å².